The number of hydrogen-bond acceptors (Lipinski definition) is 7. The lowest BCUT2D eigenvalue weighted by Crippen LogP contribution is -2.73. The van der Waals surface area contributed by atoms with Gasteiger partial charge in [0.05, 0.1) is 0 Å². The van der Waals surface area contributed by atoms with Crippen molar-refractivity contribution < 1.29 is 23.9 Å². The molecule has 0 bridgehead atoms. The first kappa shape index (κ1) is 31.3. The van der Waals surface area contributed by atoms with Gasteiger partial charge in [0.15, 0.2) is 18.8 Å². The maximum Gasteiger partial charge on any atom is 0.334 e. The molecule has 0 aliphatic carbocycles. The fourth-order valence-corrected chi connectivity index (χ4v) is 7.16. The van der Waals surface area contributed by atoms with E-state index in [1.807, 2.05) is 78.9 Å². The highest BCUT2D eigenvalue weighted by atomic mass is 33.1. The number of carbonyl (C=O) groups is 3. The van der Waals surface area contributed by atoms with E-state index >= 15 is 0 Å². The van der Waals surface area contributed by atoms with Crippen LogP contribution in [0.15, 0.2) is 103 Å². The van der Waals surface area contributed by atoms with Gasteiger partial charge in [-0.15, -0.1) is 0 Å². The van der Waals surface area contributed by atoms with Gasteiger partial charge in [-0.2, -0.15) is 0 Å². The predicted molar refractivity (Wildman–Crippen MR) is 169 cm³/mol. The smallest absolute Gasteiger partial charge is 0.334 e. The average molecular weight is 605 g/mol. The summed E-state index contributed by atoms with van der Waals surface area (Å²) in [6.07, 6.45) is -0.668. The van der Waals surface area contributed by atoms with E-state index in [0.29, 0.717) is 11.3 Å². The van der Waals surface area contributed by atoms with Crippen molar-refractivity contribution in [3.05, 3.63) is 114 Å². The van der Waals surface area contributed by atoms with Crippen LogP contribution in [0.25, 0.3) is 0 Å². The highest BCUT2D eigenvalue weighted by molar-refractivity contribution is 8.77. The van der Waals surface area contributed by atoms with Gasteiger partial charge in [-0.1, -0.05) is 128 Å². The summed E-state index contributed by atoms with van der Waals surface area (Å²) >= 11 is 0. The van der Waals surface area contributed by atoms with Crippen molar-refractivity contribution in [2.45, 2.75) is 56.0 Å². The number of β-lactam (4-membered cyclic amide) rings is 1. The van der Waals surface area contributed by atoms with Crippen LogP contribution in [0, 0.1) is 0 Å². The van der Waals surface area contributed by atoms with Crippen molar-refractivity contribution in [3.8, 4) is 5.75 Å². The number of hydrogen-bond donors (Lipinski definition) is 1. The first-order valence-electron chi connectivity index (χ1n) is 13.6. The minimum atomic E-state index is -1.03. The van der Waals surface area contributed by atoms with E-state index in [0.717, 1.165) is 11.1 Å². The molecule has 0 saturated carbocycles. The monoisotopic (exact) mass is 604 g/mol. The minimum Gasteiger partial charge on any atom is -0.484 e. The molecule has 0 unspecified atom stereocenters. The van der Waals surface area contributed by atoms with Crippen molar-refractivity contribution in [2.75, 3.05) is 6.61 Å². The maximum atomic E-state index is 13.9. The summed E-state index contributed by atoms with van der Waals surface area (Å²) in [4.78, 5) is 41.7. The van der Waals surface area contributed by atoms with E-state index in [4.69, 9.17) is 9.47 Å². The van der Waals surface area contributed by atoms with E-state index in [1.165, 1.54) is 15.7 Å². The van der Waals surface area contributed by atoms with Gasteiger partial charge in [0, 0.05) is 4.75 Å². The summed E-state index contributed by atoms with van der Waals surface area (Å²) in [6, 6.07) is 26.1. The van der Waals surface area contributed by atoms with Crippen molar-refractivity contribution >= 4 is 39.4 Å². The fraction of sp³-hybridized carbons (Fsp3) is 0.303. The lowest BCUT2D eigenvalue weighted by Gasteiger charge is -2.49. The van der Waals surface area contributed by atoms with E-state index in [1.54, 1.807) is 29.9 Å². The number of carbonyl (C=O) groups excluding carboxylic acids is 3. The second-order valence-corrected chi connectivity index (χ2v) is 14.1. The van der Waals surface area contributed by atoms with Crippen molar-refractivity contribution in [1.29, 1.82) is 0 Å². The van der Waals surface area contributed by atoms with Crippen LogP contribution in [-0.2, 0) is 19.1 Å². The number of nitrogens with zero attached hydrogens (tertiary/aromatic N) is 1. The number of nitrogens with one attached hydrogen (secondary N) is 1. The molecule has 1 aliphatic heterocycles. The molecule has 220 valence electrons. The van der Waals surface area contributed by atoms with Crippen molar-refractivity contribution in [3.63, 3.8) is 0 Å². The van der Waals surface area contributed by atoms with Crippen LogP contribution < -0.4 is 10.1 Å². The molecule has 1 N–H and O–H groups in total. The zero-order chi connectivity index (χ0) is 30.3. The van der Waals surface area contributed by atoms with Crippen LogP contribution in [-0.4, -0.2) is 51.5 Å². The molecule has 3 atom stereocenters. The van der Waals surface area contributed by atoms with Gasteiger partial charge in [0.2, 0.25) is 5.91 Å². The maximum absolute atomic E-state index is 13.9. The van der Waals surface area contributed by atoms with Gasteiger partial charge in [-0.05, 0) is 35.8 Å². The second-order valence-electron chi connectivity index (χ2n) is 11.0. The van der Waals surface area contributed by atoms with Crippen molar-refractivity contribution in [1.82, 2.24) is 10.2 Å². The quantitative estimate of drug-likeness (QED) is 0.114. The van der Waals surface area contributed by atoms with E-state index in [9.17, 15) is 14.4 Å². The summed E-state index contributed by atoms with van der Waals surface area (Å²) in [6.45, 7) is 11.7. The molecule has 2 amide bonds. The van der Waals surface area contributed by atoms with Gasteiger partial charge in [-0.3, -0.25) is 9.59 Å². The normalized spacial score (nSPS) is 17.3. The Kier molecular flexibility index (Phi) is 10.4. The summed E-state index contributed by atoms with van der Waals surface area (Å²) in [5.41, 5.74) is 2.09. The fourth-order valence-electron chi connectivity index (χ4n) is 4.39. The summed E-state index contributed by atoms with van der Waals surface area (Å²) < 4.78 is 11.6. The zero-order valence-corrected chi connectivity index (χ0v) is 25.8. The SMILES string of the molecule is C=C(C)[C@H](C(=O)OC(c1ccccc1)c1ccccc1)N1C(=O)[C@@H](NC(=O)COc2ccccc2)[C@@H]1SSC(C)(C)C. The first-order valence-corrected chi connectivity index (χ1v) is 15.9. The Labute approximate surface area is 255 Å². The van der Waals surface area contributed by atoms with Gasteiger partial charge >= 0.3 is 5.97 Å². The standard InChI is InChI=1S/C33H36N2O5S2/c1-22(2)28(32(38)40-29(23-15-9-6-10-16-23)24-17-11-7-12-18-24)35-30(37)27(31(35)41-42-33(3,4)5)34-26(36)21-39-25-19-13-8-14-20-25/h6-20,27-29,31H,1,21H2,2-5H3,(H,34,36)/t27-,28-,31+/m1/s1. The molecular weight excluding hydrogens is 569 g/mol. The van der Waals surface area contributed by atoms with E-state index < -0.39 is 35.4 Å². The van der Waals surface area contributed by atoms with Gasteiger partial charge in [-0.25, -0.2) is 4.79 Å². The third kappa shape index (κ3) is 7.98. The van der Waals surface area contributed by atoms with Crippen LogP contribution in [0.1, 0.15) is 44.9 Å². The summed E-state index contributed by atoms with van der Waals surface area (Å²) in [5, 5.41) is 2.28. The van der Waals surface area contributed by atoms with Crippen LogP contribution in [0.5, 0.6) is 5.75 Å². The third-order valence-electron chi connectivity index (χ3n) is 6.31. The molecule has 0 radical (unpaired) electrons. The van der Waals surface area contributed by atoms with Crippen LogP contribution in [0.2, 0.25) is 0 Å². The lowest BCUT2D eigenvalue weighted by atomic mass is 9.98. The number of likely N-dealkylation sites (tertiary alicyclic amines) is 1. The molecule has 0 aromatic heterocycles. The first-order chi connectivity index (χ1) is 20.0. The molecule has 4 rings (SSSR count). The van der Waals surface area contributed by atoms with Crippen molar-refractivity contribution in [2.24, 2.45) is 0 Å². The average Bonchev–Trinajstić information content (AvgIpc) is 2.98. The Morgan fingerprint density at radius 1 is 0.929 bits per heavy atom. The van der Waals surface area contributed by atoms with Crippen LogP contribution >= 0.6 is 21.6 Å². The number of amides is 2. The Bertz CT molecular complexity index is 1340. The van der Waals surface area contributed by atoms with Gasteiger partial charge in [0.1, 0.15) is 17.2 Å². The number of esters is 1. The molecule has 1 saturated heterocycles. The van der Waals surface area contributed by atoms with Gasteiger partial charge < -0.3 is 19.7 Å². The molecule has 7 nitrogen and oxygen atoms in total. The summed E-state index contributed by atoms with van der Waals surface area (Å²) in [5.74, 6) is -0.834. The number of para-hydroxylation sites is 1. The molecule has 9 heteroatoms. The zero-order valence-electron chi connectivity index (χ0n) is 24.2. The van der Waals surface area contributed by atoms with E-state index in [-0.39, 0.29) is 17.3 Å². The Balaban J connectivity index is 1.54. The highest BCUT2D eigenvalue weighted by Crippen LogP contribution is 2.45. The lowest BCUT2D eigenvalue weighted by molar-refractivity contribution is -0.165. The molecular formula is C33H36N2O5S2. The molecule has 42 heavy (non-hydrogen) atoms. The number of benzene rings is 3. The molecule has 0 spiro atoms. The largest absolute Gasteiger partial charge is 0.484 e. The Hall–Kier alpha value is -3.69. The summed E-state index contributed by atoms with van der Waals surface area (Å²) in [7, 11) is 3.01. The molecule has 1 fully saturated rings. The molecule has 3 aromatic carbocycles. The van der Waals surface area contributed by atoms with Gasteiger partial charge in [0.25, 0.3) is 5.91 Å². The second kappa shape index (κ2) is 14.0. The van der Waals surface area contributed by atoms with Crippen LogP contribution in [0.4, 0.5) is 0 Å². The molecule has 1 aliphatic rings. The Morgan fingerprint density at radius 3 is 1.95 bits per heavy atom. The predicted octanol–water partition coefficient (Wildman–Crippen LogP) is 6.18. The number of ether oxygens (including phenoxy) is 2. The third-order valence-corrected chi connectivity index (χ3v) is 9.99. The van der Waals surface area contributed by atoms with Crippen LogP contribution in [0.3, 0.4) is 0 Å². The number of rotatable bonds is 12. The highest BCUT2D eigenvalue weighted by Gasteiger charge is 2.54. The Morgan fingerprint density at radius 2 is 1.45 bits per heavy atom. The minimum absolute atomic E-state index is 0.134. The molecule has 1 heterocycles. The topological polar surface area (TPSA) is 84.9 Å². The molecule has 3 aromatic rings. The van der Waals surface area contributed by atoms with E-state index in [2.05, 4.69) is 32.7 Å².